The van der Waals surface area contributed by atoms with E-state index >= 15 is 0 Å². The molecular weight excluding hydrogens is 300 g/mol. The van der Waals surface area contributed by atoms with Crippen LogP contribution < -0.4 is 10.5 Å². The van der Waals surface area contributed by atoms with E-state index in [1.165, 1.54) is 31.3 Å². The zero-order valence-electron chi connectivity index (χ0n) is 11.4. The maximum Gasteiger partial charge on any atom is 0.306 e. The van der Waals surface area contributed by atoms with Crippen LogP contribution in [0.1, 0.15) is 6.42 Å². The van der Waals surface area contributed by atoms with Crippen LogP contribution in [0.25, 0.3) is 0 Å². The van der Waals surface area contributed by atoms with E-state index in [1.54, 1.807) is 0 Å². The molecule has 0 unspecified atom stereocenters. The van der Waals surface area contributed by atoms with Gasteiger partial charge in [-0.05, 0) is 24.3 Å². The fourth-order valence-electron chi connectivity index (χ4n) is 1.45. The Labute approximate surface area is 122 Å². The summed E-state index contributed by atoms with van der Waals surface area (Å²) in [6, 6.07) is 5.44. The quantitative estimate of drug-likeness (QED) is 0.674. The maximum atomic E-state index is 12.1. The van der Waals surface area contributed by atoms with E-state index in [1.807, 2.05) is 0 Å². The standard InChI is InChI=1S/C12H16N2O6S/c1-14(8-11(13)15)21(18,19)10-4-2-9(3-5-10)20-7-6-12(16)17/h2-5H,6-8H2,1H3,(H2,13,15)(H,16,17). The van der Waals surface area contributed by atoms with Crippen molar-refractivity contribution in [3.63, 3.8) is 0 Å². The van der Waals surface area contributed by atoms with Crippen LogP contribution in [0.4, 0.5) is 0 Å². The largest absolute Gasteiger partial charge is 0.493 e. The molecule has 0 spiro atoms. The van der Waals surface area contributed by atoms with Crippen LogP contribution in [0, 0.1) is 0 Å². The van der Waals surface area contributed by atoms with Gasteiger partial charge in [-0.3, -0.25) is 9.59 Å². The summed E-state index contributed by atoms with van der Waals surface area (Å²) in [7, 11) is -2.55. The fraction of sp³-hybridized carbons (Fsp3) is 0.333. The molecule has 8 nitrogen and oxygen atoms in total. The van der Waals surface area contributed by atoms with Crippen molar-refractivity contribution in [2.75, 3.05) is 20.2 Å². The second-order valence-corrected chi connectivity index (χ2v) is 6.24. The van der Waals surface area contributed by atoms with Crippen molar-refractivity contribution in [2.45, 2.75) is 11.3 Å². The van der Waals surface area contributed by atoms with Crippen LogP contribution in [-0.4, -0.2) is 49.9 Å². The molecule has 0 aromatic heterocycles. The lowest BCUT2D eigenvalue weighted by atomic mass is 10.3. The van der Waals surface area contributed by atoms with Crippen LogP contribution in [-0.2, 0) is 19.6 Å². The fourth-order valence-corrected chi connectivity index (χ4v) is 2.59. The number of nitrogens with two attached hydrogens (primary N) is 1. The van der Waals surface area contributed by atoms with E-state index in [0.29, 0.717) is 5.75 Å². The summed E-state index contributed by atoms with van der Waals surface area (Å²) in [6.07, 6.45) is -0.151. The number of likely N-dealkylation sites (N-methyl/N-ethyl adjacent to an activating group) is 1. The molecule has 0 aliphatic carbocycles. The SMILES string of the molecule is CN(CC(N)=O)S(=O)(=O)c1ccc(OCCC(=O)O)cc1. The first-order valence-corrected chi connectivity index (χ1v) is 7.37. The van der Waals surface area contributed by atoms with Crippen molar-refractivity contribution >= 4 is 21.9 Å². The van der Waals surface area contributed by atoms with Gasteiger partial charge in [-0.15, -0.1) is 0 Å². The molecule has 1 aromatic rings. The highest BCUT2D eigenvalue weighted by Gasteiger charge is 2.21. The summed E-state index contributed by atoms with van der Waals surface area (Å²) >= 11 is 0. The number of carboxylic acid groups (broad SMARTS) is 1. The van der Waals surface area contributed by atoms with Gasteiger partial charge in [-0.25, -0.2) is 8.42 Å². The maximum absolute atomic E-state index is 12.1. The molecule has 0 radical (unpaired) electrons. The number of carbonyl (C=O) groups excluding carboxylic acids is 1. The molecule has 0 aliphatic rings. The third kappa shape index (κ3) is 5.04. The summed E-state index contributed by atoms with van der Waals surface area (Å²) < 4.78 is 30.2. The van der Waals surface area contributed by atoms with E-state index in [9.17, 15) is 18.0 Å². The molecule has 116 valence electrons. The number of carboxylic acids is 1. The summed E-state index contributed by atoms with van der Waals surface area (Å²) in [5.41, 5.74) is 4.96. The van der Waals surface area contributed by atoms with Gasteiger partial charge in [0.05, 0.1) is 24.5 Å². The Bertz CT molecular complexity index is 611. The second-order valence-electron chi connectivity index (χ2n) is 4.19. The van der Waals surface area contributed by atoms with Gasteiger partial charge in [-0.2, -0.15) is 4.31 Å². The van der Waals surface area contributed by atoms with Crippen molar-refractivity contribution in [1.82, 2.24) is 4.31 Å². The average molecular weight is 316 g/mol. The smallest absolute Gasteiger partial charge is 0.306 e. The first-order valence-electron chi connectivity index (χ1n) is 5.93. The highest BCUT2D eigenvalue weighted by atomic mass is 32.2. The van der Waals surface area contributed by atoms with Crippen molar-refractivity contribution < 1.29 is 27.9 Å². The van der Waals surface area contributed by atoms with E-state index in [4.69, 9.17) is 15.6 Å². The monoisotopic (exact) mass is 316 g/mol. The number of hydrogen-bond donors (Lipinski definition) is 2. The number of ether oxygens (including phenoxy) is 1. The molecule has 21 heavy (non-hydrogen) atoms. The molecule has 1 amide bonds. The predicted molar refractivity (Wildman–Crippen MR) is 73.2 cm³/mol. The third-order valence-corrected chi connectivity index (χ3v) is 4.31. The van der Waals surface area contributed by atoms with E-state index in [-0.39, 0.29) is 17.9 Å². The Kier molecular flexibility index (Phi) is 5.68. The van der Waals surface area contributed by atoms with Crippen LogP contribution in [0.15, 0.2) is 29.2 Å². The third-order valence-electron chi connectivity index (χ3n) is 2.50. The Balaban J connectivity index is 2.77. The summed E-state index contributed by atoms with van der Waals surface area (Å²) in [5.74, 6) is -1.38. The first-order chi connectivity index (χ1) is 9.73. The molecule has 0 saturated carbocycles. The molecule has 0 fully saturated rings. The zero-order valence-corrected chi connectivity index (χ0v) is 12.2. The summed E-state index contributed by atoms with van der Waals surface area (Å²) in [6.45, 7) is -0.428. The minimum Gasteiger partial charge on any atom is -0.493 e. The number of rotatable bonds is 8. The highest BCUT2D eigenvalue weighted by Crippen LogP contribution is 2.18. The minimum atomic E-state index is -3.80. The number of carbonyl (C=O) groups is 2. The van der Waals surface area contributed by atoms with Gasteiger partial charge < -0.3 is 15.6 Å². The van der Waals surface area contributed by atoms with Crippen molar-refractivity contribution in [3.8, 4) is 5.75 Å². The highest BCUT2D eigenvalue weighted by molar-refractivity contribution is 7.89. The molecule has 0 aliphatic heterocycles. The van der Waals surface area contributed by atoms with Crippen LogP contribution >= 0.6 is 0 Å². The Morgan fingerprint density at radius 3 is 2.33 bits per heavy atom. The topological polar surface area (TPSA) is 127 Å². The molecular formula is C12H16N2O6S. The number of benzene rings is 1. The van der Waals surface area contributed by atoms with Gasteiger partial charge in [0.15, 0.2) is 0 Å². The Morgan fingerprint density at radius 1 is 1.29 bits per heavy atom. The first kappa shape index (κ1) is 16.9. The van der Waals surface area contributed by atoms with Crippen LogP contribution in [0.3, 0.4) is 0 Å². The second kappa shape index (κ2) is 7.04. The van der Waals surface area contributed by atoms with Gasteiger partial charge in [0, 0.05) is 7.05 Å². The number of hydrogen-bond acceptors (Lipinski definition) is 5. The predicted octanol–water partition coefficient (Wildman–Crippen LogP) is -0.354. The molecule has 0 saturated heterocycles. The van der Waals surface area contributed by atoms with Crippen molar-refractivity contribution in [2.24, 2.45) is 5.73 Å². The number of sulfonamides is 1. The molecule has 0 bridgehead atoms. The lowest BCUT2D eigenvalue weighted by Crippen LogP contribution is -2.35. The molecule has 1 aromatic carbocycles. The Morgan fingerprint density at radius 2 is 1.86 bits per heavy atom. The van der Waals surface area contributed by atoms with Crippen molar-refractivity contribution in [1.29, 1.82) is 0 Å². The lowest BCUT2D eigenvalue weighted by molar-refractivity contribution is -0.137. The van der Waals surface area contributed by atoms with Gasteiger partial charge in [0.1, 0.15) is 5.75 Å². The number of amides is 1. The van der Waals surface area contributed by atoms with Crippen LogP contribution in [0.2, 0.25) is 0 Å². The number of nitrogens with zero attached hydrogens (tertiary/aromatic N) is 1. The number of aliphatic carboxylic acids is 1. The zero-order chi connectivity index (χ0) is 16.0. The summed E-state index contributed by atoms with van der Waals surface area (Å²) in [4.78, 5) is 21.1. The van der Waals surface area contributed by atoms with E-state index in [0.717, 1.165) is 4.31 Å². The Hall–Kier alpha value is -2.13. The molecule has 0 heterocycles. The van der Waals surface area contributed by atoms with Gasteiger partial charge >= 0.3 is 5.97 Å². The van der Waals surface area contributed by atoms with E-state index in [2.05, 4.69) is 0 Å². The average Bonchev–Trinajstić information content (AvgIpc) is 2.38. The summed E-state index contributed by atoms with van der Waals surface area (Å²) in [5, 5.41) is 8.47. The van der Waals surface area contributed by atoms with E-state index < -0.39 is 28.4 Å². The van der Waals surface area contributed by atoms with Gasteiger partial charge in [0.25, 0.3) is 0 Å². The minimum absolute atomic E-state index is 0.0109. The molecule has 3 N–H and O–H groups in total. The molecule has 9 heteroatoms. The molecule has 0 atom stereocenters. The lowest BCUT2D eigenvalue weighted by Gasteiger charge is -2.15. The normalized spacial score (nSPS) is 11.3. The van der Waals surface area contributed by atoms with Gasteiger partial charge in [-0.1, -0.05) is 0 Å². The van der Waals surface area contributed by atoms with Crippen molar-refractivity contribution in [3.05, 3.63) is 24.3 Å². The van der Waals surface area contributed by atoms with Gasteiger partial charge in [0.2, 0.25) is 15.9 Å². The van der Waals surface area contributed by atoms with Crippen LogP contribution in [0.5, 0.6) is 5.75 Å². The molecule has 1 rings (SSSR count). The number of primary amides is 1.